The van der Waals surface area contributed by atoms with Gasteiger partial charge in [0.2, 0.25) is 11.8 Å². The number of aryl methyl sites for hydroxylation is 2. The molecular formula is C31H35Cl2N3O4S. The van der Waals surface area contributed by atoms with Crippen molar-refractivity contribution in [3.8, 4) is 0 Å². The van der Waals surface area contributed by atoms with Crippen LogP contribution in [0.15, 0.2) is 71.6 Å². The fraction of sp³-hybridized carbons (Fsp3) is 0.355. The van der Waals surface area contributed by atoms with Crippen LogP contribution in [0, 0.1) is 13.8 Å². The maximum absolute atomic E-state index is 14.1. The molecule has 0 radical (unpaired) electrons. The first-order chi connectivity index (χ1) is 19.5. The normalized spacial score (nSPS) is 14.5. The van der Waals surface area contributed by atoms with Crippen LogP contribution >= 0.6 is 23.2 Å². The lowest BCUT2D eigenvalue weighted by molar-refractivity contribution is -0.139. The molecule has 0 bridgehead atoms. The summed E-state index contributed by atoms with van der Waals surface area (Å²) in [6, 6.07) is 17.6. The van der Waals surface area contributed by atoms with Crippen LogP contribution in [0.5, 0.6) is 0 Å². The molecule has 1 saturated carbocycles. The highest BCUT2D eigenvalue weighted by molar-refractivity contribution is 7.92. The van der Waals surface area contributed by atoms with Gasteiger partial charge in [-0.25, -0.2) is 8.42 Å². The number of amides is 2. The zero-order valence-corrected chi connectivity index (χ0v) is 25.8. The van der Waals surface area contributed by atoms with E-state index >= 15 is 0 Å². The molecule has 0 unspecified atom stereocenters. The van der Waals surface area contributed by atoms with Crippen molar-refractivity contribution in [1.82, 2.24) is 10.2 Å². The summed E-state index contributed by atoms with van der Waals surface area (Å²) in [5.74, 6) is -0.799. The van der Waals surface area contributed by atoms with E-state index < -0.39 is 28.5 Å². The van der Waals surface area contributed by atoms with Gasteiger partial charge < -0.3 is 10.2 Å². The lowest BCUT2D eigenvalue weighted by Crippen LogP contribution is -2.52. The third-order valence-corrected chi connectivity index (χ3v) is 9.67. The van der Waals surface area contributed by atoms with Crippen molar-refractivity contribution in [2.75, 3.05) is 10.8 Å². The monoisotopic (exact) mass is 615 g/mol. The van der Waals surface area contributed by atoms with Crippen molar-refractivity contribution in [2.24, 2.45) is 0 Å². The van der Waals surface area contributed by atoms with E-state index in [4.69, 9.17) is 23.2 Å². The summed E-state index contributed by atoms with van der Waals surface area (Å²) in [4.78, 5) is 28.9. The quantitative estimate of drug-likeness (QED) is 0.291. The first-order valence-corrected chi connectivity index (χ1v) is 15.8. The van der Waals surface area contributed by atoms with Gasteiger partial charge in [-0.3, -0.25) is 13.9 Å². The Morgan fingerprint density at radius 1 is 0.951 bits per heavy atom. The van der Waals surface area contributed by atoms with Crippen molar-refractivity contribution < 1.29 is 18.0 Å². The Morgan fingerprint density at radius 2 is 1.61 bits per heavy atom. The van der Waals surface area contributed by atoms with Crippen LogP contribution in [-0.4, -0.2) is 43.8 Å². The topological polar surface area (TPSA) is 86.8 Å². The van der Waals surface area contributed by atoms with E-state index in [1.165, 1.54) is 17.0 Å². The van der Waals surface area contributed by atoms with Crippen LogP contribution in [0.1, 0.15) is 49.3 Å². The Hall–Kier alpha value is -3.07. The second-order valence-corrected chi connectivity index (χ2v) is 13.3. The second-order valence-electron chi connectivity index (χ2n) is 10.6. The van der Waals surface area contributed by atoms with Gasteiger partial charge in [-0.1, -0.05) is 65.9 Å². The molecule has 1 aliphatic rings. The number of rotatable bonds is 10. The minimum atomic E-state index is -4.16. The predicted octanol–water partition coefficient (Wildman–Crippen LogP) is 6.28. The van der Waals surface area contributed by atoms with Crippen LogP contribution in [0.2, 0.25) is 10.0 Å². The van der Waals surface area contributed by atoms with Gasteiger partial charge in [0.1, 0.15) is 12.6 Å². The van der Waals surface area contributed by atoms with Crippen LogP contribution < -0.4 is 9.62 Å². The third-order valence-electron chi connectivity index (χ3n) is 7.43. The summed E-state index contributed by atoms with van der Waals surface area (Å²) in [7, 11) is -4.16. The van der Waals surface area contributed by atoms with E-state index in [0.717, 1.165) is 41.1 Å². The molecular weight excluding hydrogens is 581 g/mol. The molecule has 41 heavy (non-hydrogen) atoms. The molecule has 10 heteroatoms. The maximum Gasteiger partial charge on any atom is 0.264 e. The number of nitrogens with zero attached hydrogens (tertiary/aromatic N) is 2. The van der Waals surface area contributed by atoms with Crippen LogP contribution in [0.25, 0.3) is 0 Å². The molecule has 1 N–H and O–H groups in total. The Bertz CT molecular complexity index is 1510. The molecule has 3 aromatic rings. The van der Waals surface area contributed by atoms with Crippen molar-refractivity contribution in [2.45, 2.75) is 70.0 Å². The van der Waals surface area contributed by atoms with Gasteiger partial charge in [-0.15, -0.1) is 0 Å². The first kappa shape index (κ1) is 30.9. The minimum absolute atomic E-state index is 0.0543. The van der Waals surface area contributed by atoms with Crippen molar-refractivity contribution in [1.29, 1.82) is 0 Å². The van der Waals surface area contributed by atoms with Gasteiger partial charge >= 0.3 is 0 Å². The van der Waals surface area contributed by atoms with E-state index in [0.29, 0.717) is 21.3 Å². The van der Waals surface area contributed by atoms with Gasteiger partial charge in [-0.05, 0) is 87.2 Å². The molecule has 4 rings (SSSR count). The summed E-state index contributed by atoms with van der Waals surface area (Å²) in [6.45, 7) is 4.84. The second kappa shape index (κ2) is 13.3. The summed E-state index contributed by atoms with van der Waals surface area (Å²) in [6.07, 6.45) is 3.91. The standard InChI is InChI=1S/C31H35Cl2N3O4S/c1-21-11-14-28(15-12-21)41(39,40)36(29-16-13-26(33)17-22(29)2)20-30(37)35(19-24-7-6-8-25(32)18-24)23(3)31(38)34-27-9-4-5-10-27/h6-8,11-18,23,27H,4-5,9-10,19-20H2,1-3H3,(H,34,38)/t23-/m0/s1. The fourth-order valence-corrected chi connectivity index (χ4v) is 6.97. The number of carbonyl (C=O) groups is 2. The van der Waals surface area contributed by atoms with Crippen LogP contribution in [-0.2, 0) is 26.2 Å². The molecule has 2 amide bonds. The number of anilines is 1. The van der Waals surface area contributed by atoms with Gasteiger partial charge in [0, 0.05) is 22.6 Å². The zero-order valence-electron chi connectivity index (χ0n) is 23.4. The molecule has 3 aromatic carbocycles. The SMILES string of the molecule is Cc1ccc(S(=O)(=O)N(CC(=O)N(Cc2cccc(Cl)c2)[C@@H](C)C(=O)NC2CCCC2)c2ccc(Cl)cc2C)cc1. The summed E-state index contributed by atoms with van der Waals surface area (Å²) < 4.78 is 29.1. The average Bonchev–Trinajstić information content (AvgIpc) is 3.43. The van der Waals surface area contributed by atoms with Gasteiger partial charge in [0.15, 0.2) is 0 Å². The highest BCUT2D eigenvalue weighted by Crippen LogP contribution is 2.30. The van der Waals surface area contributed by atoms with Crippen LogP contribution in [0.3, 0.4) is 0 Å². The molecule has 218 valence electrons. The highest BCUT2D eigenvalue weighted by Gasteiger charge is 2.34. The number of sulfonamides is 1. The fourth-order valence-electron chi connectivity index (χ4n) is 5.06. The molecule has 1 aliphatic carbocycles. The van der Waals surface area contributed by atoms with Gasteiger partial charge in [0.25, 0.3) is 10.0 Å². The largest absolute Gasteiger partial charge is 0.352 e. The lowest BCUT2D eigenvalue weighted by Gasteiger charge is -2.33. The Labute approximate surface area is 252 Å². The smallest absolute Gasteiger partial charge is 0.264 e. The Morgan fingerprint density at radius 3 is 2.24 bits per heavy atom. The van der Waals surface area contributed by atoms with E-state index in [9.17, 15) is 18.0 Å². The Kier molecular flexibility index (Phi) is 10.00. The van der Waals surface area contributed by atoms with Gasteiger partial charge in [-0.2, -0.15) is 0 Å². The maximum atomic E-state index is 14.1. The van der Waals surface area contributed by atoms with Crippen molar-refractivity contribution in [3.63, 3.8) is 0 Å². The Balaban J connectivity index is 1.71. The van der Waals surface area contributed by atoms with Crippen molar-refractivity contribution >= 4 is 50.7 Å². The van der Waals surface area contributed by atoms with E-state index in [1.54, 1.807) is 62.4 Å². The third kappa shape index (κ3) is 7.61. The van der Waals surface area contributed by atoms with E-state index in [-0.39, 0.29) is 23.4 Å². The number of benzene rings is 3. The highest BCUT2D eigenvalue weighted by atomic mass is 35.5. The number of hydrogen-bond acceptors (Lipinski definition) is 4. The molecule has 0 saturated heterocycles. The summed E-state index contributed by atoms with van der Waals surface area (Å²) in [5.41, 5.74) is 2.55. The lowest BCUT2D eigenvalue weighted by atomic mass is 10.1. The minimum Gasteiger partial charge on any atom is -0.352 e. The molecule has 0 heterocycles. The number of nitrogens with one attached hydrogen (secondary N) is 1. The van der Waals surface area contributed by atoms with Crippen LogP contribution in [0.4, 0.5) is 5.69 Å². The first-order valence-electron chi connectivity index (χ1n) is 13.7. The molecule has 1 fully saturated rings. The summed E-state index contributed by atoms with van der Waals surface area (Å²) in [5, 5.41) is 4.02. The predicted molar refractivity (Wildman–Crippen MR) is 164 cm³/mol. The molecule has 7 nitrogen and oxygen atoms in total. The van der Waals surface area contributed by atoms with Gasteiger partial charge in [0.05, 0.1) is 10.6 Å². The van der Waals surface area contributed by atoms with E-state index in [2.05, 4.69) is 5.32 Å². The number of hydrogen-bond donors (Lipinski definition) is 1. The average molecular weight is 617 g/mol. The zero-order chi connectivity index (χ0) is 29.7. The number of halogens is 2. The molecule has 0 aromatic heterocycles. The van der Waals surface area contributed by atoms with Crippen molar-refractivity contribution in [3.05, 3.63) is 93.5 Å². The molecule has 0 aliphatic heterocycles. The van der Waals surface area contributed by atoms with E-state index in [1.807, 2.05) is 13.0 Å². The summed E-state index contributed by atoms with van der Waals surface area (Å²) >= 11 is 12.4. The molecule has 0 spiro atoms. The molecule has 1 atom stereocenters. The number of carbonyl (C=O) groups excluding carboxylic acids is 2.